The molecule has 3 aromatic heterocycles. The van der Waals surface area contributed by atoms with Gasteiger partial charge in [-0.2, -0.15) is 5.10 Å². The average molecular weight is 528 g/mol. The number of ether oxygens (including phenoxy) is 2. The van der Waals surface area contributed by atoms with Gasteiger partial charge in [-0.25, -0.2) is 10.4 Å². The maximum Gasteiger partial charge on any atom is 0.273 e. The highest BCUT2D eigenvalue weighted by atomic mass is 32.1. The van der Waals surface area contributed by atoms with Gasteiger partial charge in [0.25, 0.3) is 5.91 Å². The van der Waals surface area contributed by atoms with Crippen LogP contribution < -0.4 is 14.9 Å². The first-order chi connectivity index (χ1) is 18.6. The molecule has 1 aliphatic heterocycles. The molecular weight excluding hydrogens is 502 g/mol. The van der Waals surface area contributed by atoms with E-state index in [0.717, 1.165) is 45.0 Å². The van der Waals surface area contributed by atoms with Crippen molar-refractivity contribution < 1.29 is 19.4 Å². The summed E-state index contributed by atoms with van der Waals surface area (Å²) in [6, 6.07) is 15.4. The predicted octanol–water partition coefficient (Wildman–Crippen LogP) is 4.62. The lowest BCUT2D eigenvalue weighted by Gasteiger charge is -2.05. The lowest BCUT2D eigenvalue weighted by molar-refractivity contribution is 0.0956. The molecule has 38 heavy (non-hydrogen) atoms. The van der Waals surface area contributed by atoms with Crippen LogP contribution in [0.2, 0.25) is 0 Å². The number of benzene rings is 2. The van der Waals surface area contributed by atoms with Crippen LogP contribution in [-0.2, 0) is 19.7 Å². The van der Waals surface area contributed by atoms with E-state index >= 15 is 0 Å². The number of aliphatic hydroxyl groups is 1. The molecule has 2 aromatic carbocycles. The van der Waals surface area contributed by atoms with Crippen molar-refractivity contribution in [3.8, 4) is 22.1 Å². The molecule has 0 fully saturated rings. The lowest BCUT2D eigenvalue weighted by Crippen LogP contribution is -2.17. The molecule has 0 bridgehead atoms. The van der Waals surface area contributed by atoms with Gasteiger partial charge in [-0.1, -0.05) is 0 Å². The van der Waals surface area contributed by atoms with E-state index in [4.69, 9.17) is 14.5 Å². The van der Waals surface area contributed by atoms with Crippen molar-refractivity contribution in [2.45, 2.75) is 26.6 Å². The number of thiazole rings is 1. The molecule has 192 valence electrons. The number of rotatable bonds is 8. The monoisotopic (exact) mass is 527 g/mol. The molecule has 4 heterocycles. The van der Waals surface area contributed by atoms with Crippen LogP contribution in [0.1, 0.15) is 34.2 Å². The molecule has 0 aliphatic carbocycles. The summed E-state index contributed by atoms with van der Waals surface area (Å²) in [7, 11) is 0. The van der Waals surface area contributed by atoms with E-state index in [2.05, 4.69) is 10.5 Å². The highest BCUT2D eigenvalue weighted by Gasteiger charge is 2.17. The normalized spacial score (nSPS) is 12.6. The number of hydrogen-bond donors (Lipinski definition) is 2. The molecule has 1 amide bonds. The van der Waals surface area contributed by atoms with E-state index in [9.17, 15) is 9.90 Å². The van der Waals surface area contributed by atoms with Crippen LogP contribution in [-0.4, -0.2) is 38.1 Å². The number of hydrogen-bond acceptors (Lipinski definition) is 7. The van der Waals surface area contributed by atoms with Crippen molar-refractivity contribution in [2.75, 3.05) is 6.79 Å². The molecule has 0 saturated heterocycles. The molecule has 5 aromatic rings. The number of nitrogens with zero attached hydrogens (tertiary/aromatic N) is 4. The van der Waals surface area contributed by atoms with Crippen LogP contribution in [0.5, 0.6) is 11.5 Å². The Hall–Kier alpha value is -4.41. The Kier molecular flexibility index (Phi) is 6.40. The van der Waals surface area contributed by atoms with Crippen LogP contribution >= 0.6 is 11.3 Å². The highest BCUT2D eigenvalue weighted by molar-refractivity contribution is 7.13. The number of amides is 1. The third-order valence-corrected chi connectivity index (χ3v) is 7.40. The molecule has 10 heteroatoms. The molecule has 2 N–H and O–H groups in total. The molecule has 0 saturated carbocycles. The smallest absolute Gasteiger partial charge is 0.273 e. The fourth-order valence-corrected chi connectivity index (χ4v) is 5.33. The largest absolute Gasteiger partial charge is 0.454 e. The van der Waals surface area contributed by atoms with Gasteiger partial charge in [0, 0.05) is 46.5 Å². The van der Waals surface area contributed by atoms with Gasteiger partial charge in [-0.15, -0.1) is 11.3 Å². The first kappa shape index (κ1) is 24.0. The summed E-state index contributed by atoms with van der Waals surface area (Å²) in [6.45, 7) is 3.55. The van der Waals surface area contributed by atoms with E-state index in [1.165, 1.54) is 0 Å². The maximum atomic E-state index is 13.1. The zero-order valence-electron chi connectivity index (χ0n) is 20.6. The third-order valence-electron chi connectivity index (χ3n) is 6.46. The number of carbonyl (C=O) groups is 1. The molecule has 0 radical (unpaired) electrons. The minimum atomic E-state index is -0.291. The summed E-state index contributed by atoms with van der Waals surface area (Å²) >= 11 is 1.56. The fourth-order valence-electron chi connectivity index (χ4n) is 4.53. The topological polar surface area (TPSA) is 103 Å². The Morgan fingerprint density at radius 3 is 2.95 bits per heavy atom. The standard InChI is InChI=1S/C28H25N5O4S/c1-2-32-14-23(27(35)31-29-12-18-5-8-25-26(10-18)37-17-36-25)22-11-19(6-7-24(22)32)28-30-20(16-38-28)13-33-9-3-4-21(33)15-34/h3-12,14,16,34H,2,13,15,17H2,1H3,(H,31,35)/b29-12+. The Labute approximate surface area is 222 Å². The molecule has 0 spiro atoms. The second-order valence-corrected chi connectivity index (χ2v) is 9.66. The van der Waals surface area contributed by atoms with E-state index < -0.39 is 0 Å². The number of carbonyl (C=O) groups excluding carboxylic acids is 1. The maximum absolute atomic E-state index is 13.1. The zero-order chi connectivity index (χ0) is 26.1. The Balaban J connectivity index is 1.24. The predicted molar refractivity (Wildman–Crippen MR) is 146 cm³/mol. The molecule has 6 rings (SSSR count). The molecule has 0 atom stereocenters. The van der Waals surface area contributed by atoms with Gasteiger partial charge < -0.3 is 23.7 Å². The second-order valence-electron chi connectivity index (χ2n) is 8.80. The van der Waals surface area contributed by atoms with Gasteiger partial charge >= 0.3 is 0 Å². The van der Waals surface area contributed by atoms with Gasteiger partial charge in [-0.3, -0.25) is 4.79 Å². The minimum absolute atomic E-state index is 0.0132. The van der Waals surface area contributed by atoms with Crippen molar-refractivity contribution in [3.05, 3.63) is 88.8 Å². The summed E-state index contributed by atoms with van der Waals surface area (Å²) in [5, 5.41) is 17.4. The van der Waals surface area contributed by atoms with Gasteiger partial charge in [0.05, 0.1) is 30.6 Å². The molecular formula is C28H25N5O4S. The summed E-state index contributed by atoms with van der Waals surface area (Å²) in [5.74, 6) is 1.06. The number of fused-ring (bicyclic) bond motifs is 2. The third kappa shape index (κ3) is 4.55. The Morgan fingerprint density at radius 2 is 2.08 bits per heavy atom. The Bertz CT molecular complexity index is 1660. The van der Waals surface area contributed by atoms with Crippen LogP contribution in [0.15, 0.2) is 71.4 Å². The van der Waals surface area contributed by atoms with Crippen LogP contribution in [0.25, 0.3) is 21.5 Å². The number of aromatic nitrogens is 3. The molecule has 9 nitrogen and oxygen atoms in total. The average Bonchev–Trinajstić information content (AvgIpc) is 3.74. The van der Waals surface area contributed by atoms with Crippen LogP contribution in [0.3, 0.4) is 0 Å². The van der Waals surface area contributed by atoms with E-state index in [0.29, 0.717) is 23.6 Å². The first-order valence-corrected chi connectivity index (χ1v) is 13.1. The number of hydrazone groups is 1. The van der Waals surface area contributed by atoms with Gasteiger partial charge in [0.15, 0.2) is 11.5 Å². The molecule has 0 unspecified atom stereocenters. The summed E-state index contributed by atoms with van der Waals surface area (Å²) in [4.78, 5) is 17.9. The van der Waals surface area contributed by atoms with Crippen LogP contribution in [0.4, 0.5) is 0 Å². The van der Waals surface area contributed by atoms with Gasteiger partial charge in [-0.05, 0) is 61.0 Å². The summed E-state index contributed by atoms with van der Waals surface area (Å²) < 4.78 is 14.8. The Morgan fingerprint density at radius 1 is 1.18 bits per heavy atom. The summed E-state index contributed by atoms with van der Waals surface area (Å²) in [5.41, 5.74) is 7.66. The number of aryl methyl sites for hydroxylation is 1. The SMILES string of the molecule is CCn1cc(C(=O)N/N=C/c2ccc3c(c2)OCO3)c2cc(-c3nc(Cn4cccc4CO)cs3)ccc21. The highest BCUT2D eigenvalue weighted by Crippen LogP contribution is 2.32. The number of aliphatic hydroxyl groups excluding tert-OH is 1. The van der Waals surface area contributed by atoms with Crippen molar-refractivity contribution in [1.82, 2.24) is 19.5 Å². The zero-order valence-corrected chi connectivity index (χ0v) is 21.4. The molecule has 1 aliphatic rings. The second kappa shape index (κ2) is 10.2. The van der Waals surface area contributed by atoms with E-state index in [-0.39, 0.29) is 19.3 Å². The van der Waals surface area contributed by atoms with Crippen molar-refractivity contribution in [1.29, 1.82) is 0 Å². The van der Waals surface area contributed by atoms with Gasteiger partial charge in [0.1, 0.15) is 5.01 Å². The van der Waals surface area contributed by atoms with E-state index in [1.54, 1.807) is 17.6 Å². The van der Waals surface area contributed by atoms with Crippen molar-refractivity contribution >= 4 is 34.4 Å². The quantitative estimate of drug-likeness (QED) is 0.226. The van der Waals surface area contributed by atoms with E-state index in [1.807, 2.05) is 82.4 Å². The minimum Gasteiger partial charge on any atom is -0.454 e. The fraction of sp³-hybridized carbons (Fsp3) is 0.179. The van der Waals surface area contributed by atoms with Crippen LogP contribution in [0, 0.1) is 0 Å². The van der Waals surface area contributed by atoms with Gasteiger partial charge in [0.2, 0.25) is 6.79 Å². The van der Waals surface area contributed by atoms with Crippen molar-refractivity contribution in [3.63, 3.8) is 0 Å². The first-order valence-electron chi connectivity index (χ1n) is 12.2. The van der Waals surface area contributed by atoms with Crippen molar-refractivity contribution in [2.24, 2.45) is 5.10 Å². The lowest BCUT2D eigenvalue weighted by atomic mass is 10.1. The number of nitrogens with one attached hydrogen (secondary N) is 1. The summed E-state index contributed by atoms with van der Waals surface area (Å²) in [6.07, 6.45) is 5.37.